The van der Waals surface area contributed by atoms with Crippen molar-refractivity contribution in [3.05, 3.63) is 11.6 Å². The summed E-state index contributed by atoms with van der Waals surface area (Å²) in [6.45, 7) is 4.08. The number of rotatable bonds is 0. The van der Waals surface area contributed by atoms with Gasteiger partial charge in [0.2, 0.25) is 0 Å². The molecule has 1 fully saturated rings. The minimum atomic E-state index is -0.435. The topological polar surface area (TPSA) is 43.4 Å². The van der Waals surface area contributed by atoms with Crippen LogP contribution in [0.3, 0.4) is 0 Å². The molecule has 0 spiro atoms. The lowest BCUT2D eigenvalue weighted by Gasteiger charge is -2.41. The van der Waals surface area contributed by atoms with Crippen LogP contribution >= 0.6 is 0 Å². The molecule has 2 atom stereocenters. The van der Waals surface area contributed by atoms with Crippen LogP contribution in [0.25, 0.3) is 0 Å². The SMILES string of the molecule is CC1CCC=C2C(=O)OC(=O)CC21C. The standard InChI is InChI=1S/C11H14O3/c1-7-4-3-5-8-10(13)14-9(12)6-11(7,8)2/h5,7H,3-4,6H2,1-2H3. The van der Waals surface area contributed by atoms with E-state index in [-0.39, 0.29) is 11.4 Å². The van der Waals surface area contributed by atoms with Crippen LogP contribution in [0.4, 0.5) is 0 Å². The molecule has 14 heavy (non-hydrogen) atoms. The summed E-state index contributed by atoms with van der Waals surface area (Å²) < 4.78 is 4.62. The van der Waals surface area contributed by atoms with Gasteiger partial charge in [-0.2, -0.15) is 0 Å². The molecule has 0 aromatic heterocycles. The summed E-state index contributed by atoms with van der Waals surface area (Å²) in [6, 6.07) is 0. The highest BCUT2D eigenvalue weighted by Crippen LogP contribution is 2.47. The summed E-state index contributed by atoms with van der Waals surface area (Å²) in [4.78, 5) is 22.7. The van der Waals surface area contributed by atoms with Crippen molar-refractivity contribution in [3.8, 4) is 0 Å². The first-order valence-corrected chi connectivity index (χ1v) is 4.99. The van der Waals surface area contributed by atoms with Crippen molar-refractivity contribution in [2.75, 3.05) is 0 Å². The Kier molecular flexibility index (Phi) is 1.98. The third kappa shape index (κ3) is 1.19. The first kappa shape index (κ1) is 9.44. The molecule has 1 heterocycles. The van der Waals surface area contributed by atoms with E-state index in [4.69, 9.17) is 0 Å². The van der Waals surface area contributed by atoms with Gasteiger partial charge in [0.25, 0.3) is 0 Å². The lowest BCUT2D eigenvalue weighted by Crippen LogP contribution is -2.42. The minimum absolute atomic E-state index is 0.287. The van der Waals surface area contributed by atoms with Crippen LogP contribution in [0.1, 0.15) is 33.1 Å². The number of carbonyl (C=O) groups is 2. The second kappa shape index (κ2) is 2.94. The summed E-state index contributed by atoms with van der Waals surface area (Å²) in [5.74, 6) is -0.446. The summed E-state index contributed by atoms with van der Waals surface area (Å²) in [5.41, 5.74) is 0.417. The lowest BCUT2D eigenvalue weighted by molar-refractivity contribution is -0.164. The molecule has 3 nitrogen and oxygen atoms in total. The summed E-state index contributed by atoms with van der Waals surface area (Å²) in [6.07, 6.45) is 4.22. The van der Waals surface area contributed by atoms with Gasteiger partial charge in [0.05, 0.1) is 6.42 Å². The predicted molar refractivity (Wildman–Crippen MR) is 50.3 cm³/mol. The number of cyclic esters (lactones) is 2. The zero-order valence-electron chi connectivity index (χ0n) is 8.50. The van der Waals surface area contributed by atoms with Gasteiger partial charge in [-0.15, -0.1) is 0 Å². The van der Waals surface area contributed by atoms with Crippen molar-refractivity contribution >= 4 is 11.9 Å². The van der Waals surface area contributed by atoms with Crippen LogP contribution < -0.4 is 0 Å². The van der Waals surface area contributed by atoms with Crippen molar-refractivity contribution in [2.24, 2.45) is 11.3 Å². The Morgan fingerprint density at radius 2 is 2.21 bits per heavy atom. The van der Waals surface area contributed by atoms with Gasteiger partial charge in [-0.25, -0.2) is 4.79 Å². The largest absolute Gasteiger partial charge is 0.390 e. The highest BCUT2D eigenvalue weighted by Gasteiger charge is 2.46. The van der Waals surface area contributed by atoms with Gasteiger partial charge < -0.3 is 4.74 Å². The number of fused-ring (bicyclic) bond motifs is 1. The maximum absolute atomic E-state index is 11.5. The zero-order chi connectivity index (χ0) is 10.3. The second-order valence-electron chi connectivity index (χ2n) is 4.45. The van der Waals surface area contributed by atoms with Crippen molar-refractivity contribution in [1.82, 2.24) is 0 Å². The molecular weight excluding hydrogens is 180 g/mol. The van der Waals surface area contributed by atoms with E-state index in [9.17, 15) is 9.59 Å². The maximum atomic E-state index is 11.5. The molecule has 2 unspecified atom stereocenters. The molecule has 0 amide bonds. The number of ether oxygens (including phenoxy) is 1. The first-order chi connectivity index (χ1) is 6.54. The van der Waals surface area contributed by atoms with Crippen LogP contribution in [-0.4, -0.2) is 11.9 Å². The first-order valence-electron chi connectivity index (χ1n) is 4.99. The Labute approximate surface area is 83.1 Å². The molecule has 2 aliphatic rings. The molecule has 0 saturated carbocycles. The quantitative estimate of drug-likeness (QED) is 0.436. The third-order valence-electron chi connectivity index (χ3n) is 3.59. The minimum Gasteiger partial charge on any atom is -0.390 e. The van der Waals surface area contributed by atoms with Crippen LogP contribution in [0.5, 0.6) is 0 Å². The molecule has 1 aliphatic carbocycles. The zero-order valence-corrected chi connectivity index (χ0v) is 8.50. The second-order valence-corrected chi connectivity index (χ2v) is 4.45. The van der Waals surface area contributed by atoms with E-state index in [2.05, 4.69) is 11.7 Å². The summed E-state index contributed by atoms with van der Waals surface area (Å²) in [5, 5.41) is 0. The Morgan fingerprint density at radius 1 is 1.50 bits per heavy atom. The molecule has 76 valence electrons. The summed E-state index contributed by atoms with van der Waals surface area (Å²) in [7, 11) is 0. The molecule has 0 aromatic carbocycles. The molecule has 1 saturated heterocycles. The number of esters is 2. The van der Waals surface area contributed by atoms with Gasteiger partial charge in [-0.3, -0.25) is 4.79 Å². The van der Waals surface area contributed by atoms with E-state index in [1.807, 2.05) is 13.0 Å². The highest BCUT2D eigenvalue weighted by molar-refractivity contribution is 6.01. The van der Waals surface area contributed by atoms with Gasteiger partial charge in [0, 0.05) is 11.0 Å². The van der Waals surface area contributed by atoms with Crippen LogP contribution in [-0.2, 0) is 14.3 Å². The Morgan fingerprint density at radius 3 is 2.93 bits per heavy atom. The van der Waals surface area contributed by atoms with Crippen molar-refractivity contribution < 1.29 is 14.3 Å². The number of hydrogen-bond donors (Lipinski definition) is 0. The smallest absolute Gasteiger partial charge is 0.341 e. The number of allylic oxidation sites excluding steroid dienone is 1. The van der Waals surface area contributed by atoms with E-state index in [0.717, 1.165) is 12.8 Å². The number of hydrogen-bond acceptors (Lipinski definition) is 3. The van der Waals surface area contributed by atoms with Crippen molar-refractivity contribution in [3.63, 3.8) is 0 Å². The Hall–Kier alpha value is -1.12. The fourth-order valence-electron chi connectivity index (χ4n) is 2.38. The average Bonchev–Trinajstić information content (AvgIpc) is 2.07. The average molecular weight is 194 g/mol. The molecule has 0 N–H and O–H groups in total. The van der Waals surface area contributed by atoms with Crippen LogP contribution in [0.15, 0.2) is 11.6 Å². The third-order valence-corrected chi connectivity index (χ3v) is 3.59. The summed E-state index contributed by atoms with van der Waals surface area (Å²) >= 11 is 0. The fraction of sp³-hybridized carbons (Fsp3) is 0.636. The van der Waals surface area contributed by atoms with Gasteiger partial charge in [0.15, 0.2) is 0 Å². The molecule has 1 aliphatic heterocycles. The van der Waals surface area contributed by atoms with E-state index >= 15 is 0 Å². The maximum Gasteiger partial charge on any atom is 0.341 e. The van der Waals surface area contributed by atoms with Crippen LogP contribution in [0, 0.1) is 11.3 Å². The van der Waals surface area contributed by atoms with Crippen molar-refractivity contribution in [1.29, 1.82) is 0 Å². The molecule has 3 heteroatoms. The van der Waals surface area contributed by atoms with E-state index in [1.54, 1.807) is 0 Å². The fourth-order valence-corrected chi connectivity index (χ4v) is 2.38. The van der Waals surface area contributed by atoms with Gasteiger partial charge >= 0.3 is 11.9 Å². The van der Waals surface area contributed by atoms with Gasteiger partial charge in [-0.05, 0) is 18.8 Å². The van der Waals surface area contributed by atoms with Gasteiger partial charge in [-0.1, -0.05) is 19.9 Å². The lowest BCUT2D eigenvalue weighted by atomic mass is 9.64. The normalized spacial score (nSPS) is 37.3. The molecular formula is C11H14O3. The van der Waals surface area contributed by atoms with Crippen LogP contribution in [0.2, 0.25) is 0 Å². The Bertz CT molecular complexity index is 329. The van der Waals surface area contributed by atoms with Gasteiger partial charge in [0.1, 0.15) is 0 Å². The monoisotopic (exact) mass is 194 g/mol. The van der Waals surface area contributed by atoms with E-state index in [0.29, 0.717) is 17.9 Å². The molecule has 0 aromatic rings. The molecule has 0 radical (unpaired) electrons. The van der Waals surface area contributed by atoms with E-state index in [1.165, 1.54) is 0 Å². The van der Waals surface area contributed by atoms with E-state index < -0.39 is 5.97 Å². The number of carbonyl (C=O) groups excluding carboxylic acids is 2. The highest BCUT2D eigenvalue weighted by atomic mass is 16.6. The van der Waals surface area contributed by atoms with Crippen molar-refractivity contribution in [2.45, 2.75) is 33.1 Å². The Balaban J connectivity index is 2.43. The predicted octanol–water partition coefficient (Wildman–Crippen LogP) is 1.82. The molecule has 2 rings (SSSR count). The molecule has 0 bridgehead atoms.